The molecule has 1 rings (SSSR count). The van der Waals surface area contributed by atoms with Crippen molar-refractivity contribution in [1.29, 1.82) is 0 Å². The van der Waals surface area contributed by atoms with Crippen LogP contribution in [0.3, 0.4) is 0 Å². The highest BCUT2D eigenvalue weighted by atomic mass is 35.5. The van der Waals surface area contributed by atoms with E-state index in [2.05, 4.69) is 11.9 Å². The van der Waals surface area contributed by atoms with Gasteiger partial charge in [0.15, 0.2) is 0 Å². The van der Waals surface area contributed by atoms with Crippen molar-refractivity contribution < 1.29 is 9.84 Å². The van der Waals surface area contributed by atoms with Crippen LogP contribution in [0.25, 0.3) is 0 Å². The van der Waals surface area contributed by atoms with E-state index < -0.39 is 6.10 Å². The summed E-state index contributed by atoms with van der Waals surface area (Å²) in [6.07, 6.45) is 0.0348. The second-order valence-electron chi connectivity index (χ2n) is 4.83. The lowest BCUT2D eigenvalue weighted by Crippen LogP contribution is -2.35. The van der Waals surface area contributed by atoms with E-state index >= 15 is 0 Å². The van der Waals surface area contributed by atoms with E-state index in [1.54, 1.807) is 0 Å². The Hall–Kier alpha value is -0.740. The summed E-state index contributed by atoms with van der Waals surface area (Å²) in [5, 5.41) is 13.5. The summed E-state index contributed by atoms with van der Waals surface area (Å²) in [7, 11) is 0. The van der Waals surface area contributed by atoms with Crippen molar-refractivity contribution >= 4 is 24.0 Å². The second kappa shape index (κ2) is 10.1. The molecule has 3 nitrogen and oxygen atoms in total. The largest absolute Gasteiger partial charge is 0.491 e. The molecule has 1 aromatic carbocycles. The van der Waals surface area contributed by atoms with Crippen LogP contribution in [-0.2, 0) is 6.42 Å². The van der Waals surface area contributed by atoms with Crippen molar-refractivity contribution in [3.8, 4) is 5.75 Å². The summed E-state index contributed by atoms with van der Waals surface area (Å²) in [5.74, 6) is 0.743. The number of rotatable bonds is 8. The number of ether oxygens (including phenoxy) is 1. The van der Waals surface area contributed by atoms with E-state index in [1.165, 1.54) is 0 Å². The first-order valence-electron chi connectivity index (χ1n) is 6.44. The molecule has 20 heavy (non-hydrogen) atoms. The number of halogens is 2. The fourth-order valence-electron chi connectivity index (χ4n) is 1.61. The van der Waals surface area contributed by atoms with Crippen molar-refractivity contribution in [3.63, 3.8) is 0 Å². The number of allylic oxidation sites excluding steroid dienone is 1. The Balaban J connectivity index is 0.00000361. The molecule has 0 radical (unpaired) electrons. The van der Waals surface area contributed by atoms with Crippen LogP contribution in [0.5, 0.6) is 5.75 Å². The summed E-state index contributed by atoms with van der Waals surface area (Å²) >= 11 is 5.82. The maximum absolute atomic E-state index is 9.80. The summed E-state index contributed by atoms with van der Waals surface area (Å²) in [6, 6.07) is 7.99. The minimum Gasteiger partial charge on any atom is -0.491 e. The summed E-state index contributed by atoms with van der Waals surface area (Å²) < 4.78 is 5.64. The molecule has 0 spiro atoms. The van der Waals surface area contributed by atoms with Gasteiger partial charge in [0.05, 0.1) is 0 Å². The number of hydrogen-bond acceptors (Lipinski definition) is 3. The topological polar surface area (TPSA) is 41.5 Å². The lowest BCUT2D eigenvalue weighted by atomic mass is 10.1. The first-order chi connectivity index (χ1) is 8.99. The summed E-state index contributed by atoms with van der Waals surface area (Å²) in [4.78, 5) is 0. The van der Waals surface area contributed by atoms with Gasteiger partial charge in [-0.25, -0.2) is 0 Å². The van der Waals surface area contributed by atoms with Crippen LogP contribution in [0.2, 0.25) is 0 Å². The van der Waals surface area contributed by atoms with Gasteiger partial charge in [0, 0.05) is 24.0 Å². The Bertz CT molecular complexity index is 411. The molecule has 0 saturated carbocycles. The first kappa shape index (κ1) is 19.3. The molecule has 1 aromatic rings. The van der Waals surface area contributed by atoms with Crippen LogP contribution in [0.1, 0.15) is 19.4 Å². The fraction of sp³-hybridized carbons (Fsp3) is 0.467. The van der Waals surface area contributed by atoms with Gasteiger partial charge in [-0.05, 0) is 11.6 Å². The Labute approximate surface area is 132 Å². The molecule has 0 aliphatic rings. The molecule has 0 amide bonds. The summed E-state index contributed by atoms with van der Waals surface area (Å²) in [5.41, 5.74) is 0.978. The molecule has 0 aliphatic heterocycles. The molecule has 0 saturated heterocycles. The normalized spacial score (nSPS) is 11.8. The highest BCUT2D eigenvalue weighted by molar-refractivity contribution is 6.29. The third-order valence-electron chi connectivity index (χ3n) is 2.55. The van der Waals surface area contributed by atoms with Gasteiger partial charge in [-0.3, -0.25) is 0 Å². The quantitative estimate of drug-likeness (QED) is 0.773. The van der Waals surface area contributed by atoms with Crippen LogP contribution in [0.4, 0.5) is 0 Å². The molecule has 2 N–H and O–H groups in total. The van der Waals surface area contributed by atoms with E-state index in [0.29, 0.717) is 24.0 Å². The van der Waals surface area contributed by atoms with Gasteiger partial charge in [0.2, 0.25) is 0 Å². The van der Waals surface area contributed by atoms with Crippen molar-refractivity contribution in [1.82, 2.24) is 5.32 Å². The number of aliphatic hydroxyl groups is 1. The average molecular weight is 320 g/mol. The molecule has 0 aliphatic carbocycles. The molecule has 5 heteroatoms. The number of para-hydroxylation sites is 1. The van der Waals surface area contributed by atoms with Crippen LogP contribution in [0.15, 0.2) is 35.9 Å². The van der Waals surface area contributed by atoms with Crippen LogP contribution < -0.4 is 10.1 Å². The van der Waals surface area contributed by atoms with Gasteiger partial charge < -0.3 is 15.2 Å². The van der Waals surface area contributed by atoms with Gasteiger partial charge in [-0.2, -0.15) is 0 Å². The summed E-state index contributed by atoms with van der Waals surface area (Å²) in [6.45, 7) is 8.53. The molecule has 1 unspecified atom stereocenters. The van der Waals surface area contributed by atoms with E-state index in [4.69, 9.17) is 16.3 Å². The number of nitrogens with one attached hydrogen (secondary N) is 1. The van der Waals surface area contributed by atoms with Crippen LogP contribution in [0, 0.1) is 0 Å². The maximum atomic E-state index is 9.80. The van der Waals surface area contributed by atoms with Crippen LogP contribution in [-0.4, -0.2) is 30.4 Å². The van der Waals surface area contributed by atoms with Crippen molar-refractivity contribution in [2.75, 3.05) is 13.2 Å². The minimum atomic E-state index is -0.533. The standard InChI is InChI=1S/C15H22ClNO2.ClH/c1-11(2)17-9-14(18)10-19-15-7-5-4-6-13(15)8-12(3)16;/h4-7,11,14,17-18H,3,8-10H2,1-2H3;1H. The van der Waals surface area contributed by atoms with Crippen molar-refractivity contribution in [2.24, 2.45) is 0 Å². The predicted octanol–water partition coefficient (Wildman–Crippen LogP) is 3.14. The lowest BCUT2D eigenvalue weighted by Gasteiger charge is -2.16. The Morgan fingerprint density at radius 2 is 2.05 bits per heavy atom. The zero-order chi connectivity index (χ0) is 14.3. The number of benzene rings is 1. The van der Waals surface area contributed by atoms with Gasteiger partial charge in [-0.1, -0.05) is 50.2 Å². The average Bonchev–Trinajstić information content (AvgIpc) is 2.34. The highest BCUT2D eigenvalue weighted by Crippen LogP contribution is 2.22. The fourth-order valence-corrected chi connectivity index (χ4v) is 1.76. The van der Waals surface area contributed by atoms with E-state index in [-0.39, 0.29) is 19.0 Å². The minimum absolute atomic E-state index is 0. The Morgan fingerprint density at radius 3 is 2.65 bits per heavy atom. The second-order valence-corrected chi connectivity index (χ2v) is 5.36. The highest BCUT2D eigenvalue weighted by Gasteiger charge is 2.08. The third kappa shape index (κ3) is 7.75. The number of hydrogen-bond donors (Lipinski definition) is 2. The first-order valence-corrected chi connectivity index (χ1v) is 6.82. The monoisotopic (exact) mass is 319 g/mol. The smallest absolute Gasteiger partial charge is 0.122 e. The molecule has 0 aromatic heterocycles. The van der Waals surface area contributed by atoms with Crippen molar-refractivity contribution in [3.05, 3.63) is 41.4 Å². The maximum Gasteiger partial charge on any atom is 0.122 e. The molecule has 0 bridgehead atoms. The van der Waals surface area contributed by atoms with Gasteiger partial charge in [-0.15, -0.1) is 12.4 Å². The van der Waals surface area contributed by atoms with E-state index in [0.717, 1.165) is 11.3 Å². The molecular formula is C15H23Cl2NO2. The van der Waals surface area contributed by atoms with E-state index in [1.807, 2.05) is 38.1 Å². The van der Waals surface area contributed by atoms with Gasteiger partial charge >= 0.3 is 0 Å². The number of aliphatic hydroxyl groups excluding tert-OH is 1. The molecule has 114 valence electrons. The Morgan fingerprint density at radius 1 is 1.40 bits per heavy atom. The molecule has 1 atom stereocenters. The SMILES string of the molecule is C=C(Cl)Cc1ccccc1OCC(O)CNC(C)C.Cl. The zero-order valence-corrected chi connectivity index (χ0v) is 13.5. The predicted molar refractivity (Wildman–Crippen MR) is 87.0 cm³/mol. The lowest BCUT2D eigenvalue weighted by molar-refractivity contribution is 0.104. The zero-order valence-electron chi connectivity index (χ0n) is 11.9. The van der Waals surface area contributed by atoms with Crippen LogP contribution >= 0.6 is 24.0 Å². The molecule has 0 heterocycles. The third-order valence-corrected chi connectivity index (χ3v) is 2.68. The van der Waals surface area contributed by atoms with Gasteiger partial charge in [0.25, 0.3) is 0 Å². The van der Waals surface area contributed by atoms with Crippen molar-refractivity contribution in [2.45, 2.75) is 32.4 Å². The van der Waals surface area contributed by atoms with E-state index in [9.17, 15) is 5.11 Å². The molecular weight excluding hydrogens is 297 g/mol. The molecule has 0 fully saturated rings. The Kier molecular flexibility index (Phi) is 9.68. The van der Waals surface area contributed by atoms with Gasteiger partial charge in [0.1, 0.15) is 18.5 Å².